The van der Waals surface area contributed by atoms with Crippen molar-refractivity contribution >= 4 is 50.8 Å². The van der Waals surface area contributed by atoms with Gasteiger partial charge < -0.3 is 19.5 Å². The van der Waals surface area contributed by atoms with Crippen molar-refractivity contribution < 1.29 is 41.0 Å². The van der Waals surface area contributed by atoms with Crippen LogP contribution in [0.2, 0.25) is 5.02 Å². The number of ether oxygens (including phenoxy) is 3. The molecule has 0 saturated carbocycles. The first-order chi connectivity index (χ1) is 20.5. The van der Waals surface area contributed by atoms with Crippen molar-refractivity contribution in [1.29, 1.82) is 0 Å². The third-order valence-electron chi connectivity index (χ3n) is 6.58. The number of fused-ring (bicyclic) bond motifs is 1. The third-order valence-corrected chi connectivity index (χ3v) is 8.67. The maximum Gasteiger partial charge on any atom is 0.396 e. The Balaban J connectivity index is 1.70. The first kappa shape index (κ1) is 31.8. The van der Waals surface area contributed by atoms with E-state index in [1.165, 1.54) is 19.2 Å². The fourth-order valence-corrected chi connectivity index (χ4v) is 6.36. The van der Waals surface area contributed by atoms with E-state index in [4.69, 9.17) is 21.1 Å². The Hall–Kier alpha value is -4.16. The van der Waals surface area contributed by atoms with Crippen LogP contribution >= 0.6 is 11.6 Å². The maximum absolute atomic E-state index is 14.5. The highest BCUT2D eigenvalue weighted by Gasteiger charge is 2.35. The molecule has 0 spiro atoms. The van der Waals surface area contributed by atoms with Gasteiger partial charge in [-0.2, -0.15) is 0 Å². The van der Waals surface area contributed by atoms with E-state index >= 15 is 0 Å². The number of carbonyl (C=O) groups excluding carboxylic acids is 2. The van der Waals surface area contributed by atoms with Crippen LogP contribution in [0.4, 0.5) is 14.5 Å². The molecular formula is C30H29ClF2N2O7S. The largest absolute Gasteiger partial charge is 0.494 e. The highest BCUT2D eigenvalue weighted by Crippen LogP contribution is 2.40. The Morgan fingerprint density at radius 1 is 1.14 bits per heavy atom. The van der Waals surface area contributed by atoms with E-state index in [2.05, 4.69) is 10.1 Å². The lowest BCUT2D eigenvalue weighted by atomic mass is 10.0. The van der Waals surface area contributed by atoms with Crippen molar-refractivity contribution in [3.05, 3.63) is 82.4 Å². The predicted octanol–water partition coefficient (Wildman–Crippen LogP) is 5.21. The van der Waals surface area contributed by atoms with Gasteiger partial charge in [0.05, 0.1) is 35.9 Å². The van der Waals surface area contributed by atoms with E-state index in [9.17, 15) is 26.8 Å². The Kier molecular flexibility index (Phi) is 9.92. The maximum atomic E-state index is 14.5. The third kappa shape index (κ3) is 7.08. The second-order valence-corrected chi connectivity index (χ2v) is 11.8. The second-order valence-electron chi connectivity index (χ2n) is 9.49. The van der Waals surface area contributed by atoms with Crippen molar-refractivity contribution in [3.8, 4) is 11.5 Å². The molecule has 0 fully saturated rings. The number of hydrogen-bond acceptors (Lipinski definition) is 7. The van der Waals surface area contributed by atoms with Gasteiger partial charge >= 0.3 is 11.9 Å². The van der Waals surface area contributed by atoms with E-state index in [-0.39, 0.29) is 58.8 Å². The summed E-state index contributed by atoms with van der Waals surface area (Å²) in [5.41, 5.74) is 1.45. The van der Waals surface area contributed by atoms with Crippen LogP contribution in [0.25, 0.3) is 11.6 Å². The Bertz CT molecular complexity index is 1660. The lowest BCUT2D eigenvalue weighted by molar-refractivity contribution is -0.154. The Labute approximate surface area is 253 Å². The van der Waals surface area contributed by atoms with Gasteiger partial charge in [0.15, 0.2) is 11.6 Å². The smallest absolute Gasteiger partial charge is 0.396 e. The summed E-state index contributed by atoms with van der Waals surface area (Å²) in [7, 11) is -3.06. The molecule has 9 nitrogen and oxygen atoms in total. The Morgan fingerprint density at radius 3 is 2.60 bits per heavy atom. The topological polar surface area (TPSA) is 111 Å². The number of nitrogens with zero attached hydrogens (tertiary/aromatic N) is 1. The van der Waals surface area contributed by atoms with Crippen molar-refractivity contribution in [2.24, 2.45) is 0 Å². The monoisotopic (exact) mass is 634 g/mol. The molecule has 1 atom stereocenters. The number of benzene rings is 3. The fraction of sp³-hybridized carbons (Fsp3) is 0.267. The molecule has 0 saturated heterocycles. The zero-order valence-corrected chi connectivity index (χ0v) is 25.1. The molecular weight excluding hydrogens is 606 g/mol. The zero-order chi connectivity index (χ0) is 31.3. The first-order valence-electron chi connectivity index (χ1n) is 13.2. The molecule has 0 aromatic heterocycles. The van der Waals surface area contributed by atoms with Crippen LogP contribution in [0.5, 0.6) is 11.5 Å². The van der Waals surface area contributed by atoms with Crippen molar-refractivity contribution in [2.45, 2.75) is 31.3 Å². The van der Waals surface area contributed by atoms with Gasteiger partial charge in [0, 0.05) is 24.6 Å². The standard InChI is InChI=1S/C30H29ClF2N2O7S/c1-4-41-30(37)29(36)34-13-12-20-17-35(43(38,39)21-9-10-23(32)27(16-21)40-3)25-15-19(8-11-26(25)42-20)14-18(2)28-22(31)6-5-7-24(28)33/h5-11,14-16,20H,4,12-13,17H2,1-3H3,(H,34,36). The van der Waals surface area contributed by atoms with Gasteiger partial charge in [-0.25, -0.2) is 22.0 Å². The number of nitrogens with one attached hydrogen (secondary N) is 1. The van der Waals surface area contributed by atoms with Crippen molar-refractivity contribution in [3.63, 3.8) is 0 Å². The normalized spacial score (nSPS) is 14.9. The molecule has 1 amide bonds. The summed E-state index contributed by atoms with van der Waals surface area (Å²) < 4.78 is 73.4. The molecule has 1 N–H and O–H groups in total. The number of sulfonamides is 1. The van der Waals surface area contributed by atoms with Gasteiger partial charge in [0.25, 0.3) is 10.0 Å². The quantitative estimate of drug-likeness (QED) is 0.195. The molecule has 3 aromatic rings. The molecule has 1 unspecified atom stereocenters. The predicted molar refractivity (Wildman–Crippen MR) is 158 cm³/mol. The van der Waals surface area contributed by atoms with E-state index in [1.54, 1.807) is 44.2 Å². The minimum Gasteiger partial charge on any atom is -0.494 e. The zero-order valence-electron chi connectivity index (χ0n) is 23.5. The van der Waals surface area contributed by atoms with Crippen LogP contribution in [0, 0.1) is 11.6 Å². The molecule has 4 rings (SSSR count). The van der Waals surface area contributed by atoms with Gasteiger partial charge in [-0.05, 0) is 61.4 Å². The first-order valence-corrected chi connectivity index (χ1v) is 15.0. The van der Waals surface area contributed by atoms with Crippen LogP contribution in [0.1, 0.15) is 31.4 Å². The van der Waals surface area contributed by atoms with E-state index in [0.717, 1.165) is 22.5 Å². The highest BCUT2D eigenvalue weighted by atomic mass is 35.5. The summed E-state index contributed by atoms with van der Waals surface area (Å²) in [4.78, 5) is 23.3. The summed E-state index contributed by atoms with van der Waals surface area (Å²) in [6.45, 7) is 3.12. The molecule has 0 bridgehead atoms. The van der Waals surface area contributed by atoms with E-state index in [1.807, 2.05) is 0 Å². The number of allylic oxidation sites excluding steroid dienone is 1. The molecule has 0 radical (unpaired) electrons. The SMILES string of the molecule is CCOC(=O)C(=O)NCCC1CN(S(=O)(=O)c2ccc(F)c(OC)c2)c2cc(C=C(C)c3c(F)cccc3Cl)ccc2O1. The molecule has 1 heterocycles. The highest BCUT2D eigenvalue weighted by molar-refractivity contribution is 7.92. The lowest BCUT2D eigenvalue weighted by Gasteiger charge is -2.36. The number of methoxy groups -OCH3 is 1. The van der Waals surface area contributed by atoms with E-state index < -0.39 is 39.6 Å². The van der Waals surface area contributed by atoms with Crippen LogP contribution in [-0.4, -0.2) is 53.2 Å². The molecule has 1 aliphatic rings. The lowest BCUT2D eigenvalue weighted by Crippen LogP contribution is -2.45. The summed E-state index contributed by atoms with van der Waals surface area (Å²) in [6.07, 6.45) is 1.08. The van der Waals surface area contributed by atoms with Crippen molar-refractivity contribution in [2.75, 3.05) is 31.1 Å². The molecule has 1 aliphatic heterocycles. The summed E-state index contributed by atoms with van der Waals surface area (Å²) in [5, 5.41) is 2.66. The molecule has 228 valence electrons. The minimum absolute atomic E-state index is 0.000673. The van der Waals surface area contributed by atoms with Crippen LogP contribution < -0.4 is 19.1 Å². The number of halogens is 3. The van der Waals surface area contributed by atoms with Crippen molar-refractivity contribution in [1.82, 2.24) is 5.32 Å². The number of rotatable bonds is 9. The van der Waals surface area contributed by atoms with Crippen LogP contribution in [0.3, 0.4) is 0 Å². The number of esters is 1. The molecule has 0 aliphatic carbocycles. The fourth-order valence-electron chi connectivity index (χ4n) is 4.54. The molecule has 43 heavy (non-hydrogen) atoms. The minimum atomic E-state index is -4.29. The van der Waals surface area contributed by atoms with E-state index in [0.29, 0.717) is 11.1 Å². The van der Waals surface area contributed by atoms with Gasteiger partial charge in [0.1, 0.15) is 17.7 Å². The van der Waals surface area contributed by atoms with Gasteiger partial charge in [-0.15, -0.1) is 0 Å². The van der Waals surface area contributed by atoms with Crippen LogP contribution in [0.15, 0.2) is 59.5 Å². The number of amides is 1. The summed E-state index contributed by atoms with van der Waals surface area (Å²) in [5.74, 6) is -3.21. The summed E-state index contributed by atoms with van der Waals surface area (Å²) >= 11 is 6.23. The number of carbonyl (C=O) groups is 2. The summed E-state index contributed by atoms with van der Waals surface area (Å²) in [6, 6.07) is 12.4. The molecule has 13 heteroatoms. The molecule has 3 aromatic carbocycles. The average molecular weight is 635 g/mol. The van der Waals surface area contributed by atoms with Gasteiger partial charge in [-0.1, -0.05) is 29.8 Å². The second kappa shape index (κ2) is 13.4. The number of hydrogen-bond donors (Lipinski definition) is 1. The number of anilines is 1. The van der Waals surface area contributed by atoms with Gasteiger partial charge in [-0.3, -0.25) is 9.10 Å². The average Bonchev–Trinajstić information content (AvgIpc) is 2.97. The van der Waals surface area contributed by atoms with Crippen LogP contribution in [-0.2, 0) is 24.3 Å². The van der Waals surface area contributed by atoms with Gasteiger partial charge in [0.2, 0.25) is 0 Å². The Morgan fingerprint density at radius 2 is 1.91 bits per heavy atom.